The molecule has 1 aliphatic carbocycles. The van der Waals surface area contributed by atoms with Crippen molar-refractivity contribution >= 4 is 18.0 Å². The molecule has 1 aliphatic rings. The van der Waals surface area contributed by atoms with Gasteiger partial charge in [-0.1, -0.05) is 54.6 Å². The zero-order valence-electron chi connectivity index (χ0n) is 19.2. The molecule has 1 unspecified atom stereocenters. The Hall–Kier alpha value is -4.40. The number of carboxylic acids is 1. The van der Waals surface area contributed by atoms with E-state index in [-0.39, 0.29) is 31.2 Å². The van der Waals surface area contributed by atoms with Gasteiger partial charge in [-0.2, -0.15) is 5.10 Å². The molecule has 180 valence electrons. The average Bonchev–Trinajstić information content (AvgIpc) is 3.38. The lowest BCUT2D eigenvalue weighted by molar-refractivity contribution is -0.139. The first-order valence-electron chi connectivity index (χ1n) is 11.2. The van der Waals surface area contributed by atoms with E-state index in [0.29, 0.717) is 5.69 Å². The molecular formula is C26H26N4O5. The normalized spacial score (nSPS) is 12.8. The van der Waals surface area contributed by atoms with Crippen molar-refractivity contribution in [2.45, 2.75) is 24.9 Å². The maximum Gasteiger partial charge on any atom is 0.407 e. The lowest BCUT2D eigenvalue weighted by Gasteiger charge is -2.14. The fourth-order valence-electron chi connectivity index (χ4n) is 4.26. The highest BCUT2D eigenvalue weighted by Gasteiger charge is 2.29. The molecule has 0 radical (unpaired) electrons. The second kappa shape index (κ2) is 10.3. The van der Waals surface area contributed by atoms with Gasteiger partial charge in [0.1, 0.15) is 18.3 Å². The monoisotopic (exact) mass is 474 g/mol. The number of carbonyl (C=O) groups is 3. The summed E-state index contributed by atoms with van der Waals surface area (Å²) < 4.78 is 6.84. The summed E-state index contributed by atoms with van der Waals surface area (Å²) in [5, 5.41) is 18.5. The van der Waals surface area contributed by atoms with Gasteiger partial charge in [0.25, 0.3) is 5.91 Å². The summed E-state index contributed by atoms with van der Waals surface area (Å²) in [7, 11) is 1.56. The third-order valence-corrected chi connectivity index (χ3v) is 5.93. The number of benzene rings is 2. The van der Waals surface area contributed by atoms with Crippen molar-refractivity contribution in [3.05, 3.63) is 89.8 Å². The summed E-state index contributed by atoms with van der Waals surface area (Å²) in [4.78, 5) is 36.1. The lowest BCUT2D eigenvalue weighted by Crippen LogP contribution is -2.41. The number of nitrogens with zero attached hydrogens (tertiary/aromatic N) is 2. The van der Waals surface area contributed by atoms with Gasteiger partial charge in [0.05, 0.1) is 12.2 Å². The summed E-state index contributed by atoms with van der Waals surface area (Å²) in [6.07, 6.45) is 0.918. The van der Waals surface area contributed by atoms with Crippen LogP contribution in [-0.4, -0.2) is 45.5 Å². The molecular weight excluding hydrogens is 448 g/mol. The molecule has 2 aromatic carbocycles. The van der Waals surface area contributed by atoms with Crippen LogP contribution >= 0.6 is 0 Å². The Bertz CT molecular complexity index is 1240. The van der Waals surface area contributed by atoms with Crippen LogP contribution in [0.1, 0.15) is 39.6 Å². The number of nitrogens with one attached hydrogen (secondary N) is 2. The standard InChI is InChI=1S/C26H26N4O5/c1-3-8-22(25(32)33)28-24(31)23-13-16(29-30(23)2)14-27-26(34)35-15-21-19-11-6-4-9-17(19)18-10-5-7-12-20(18)21/h3-7,9-13,21-22H,1,8,14-15H2,2H3,(H,27,34)(H,28,31)(H,32,33). The third kappa shape index (κ3) is 5.08. The Morgan fingerprint density at radius 3 is 2.37 bits per heavy atom. The highest BCUT2D eigenvalue weighted by Crippen LogP contribution is 2.44. The van der Waals surface area contributed by atoms with Crippen molar-refractivity contribution in [1.82, 2.24) is 20.4 Å². The van der Waals surface area contributed by atoms with Crippen molar-refractivity contribution in [2.75, 3.05) is 6.61 Å². The molecule has 1 heterocycles. The highest BCUT2D eigenvalue weighted by atomic mass is 16.5. The SMILES string of the molecule is C=CCC(NC(=O)c1cc(CNC(=O)OCC2c3ccccc3-c3ccccc32)nn1C)C(=O)O. The van der Waals surface area contributed by atoms with E-state index in [0.717, 1.165) is 22.3 Å². The molecule has 1 atom stereocenters. The number of amides is 2. The van der Waals surface area contributed by atoms with Crippen LogP contribution in [0.4, 0.5) is 4.79 Å². The van der Waals surface area contributed by atoms with Crippen molar-refractivity contribution < 1.29 is 24.2 Å². The second-order valence-corrected chi connectivity index (χ2v) is 8.21. The van der Waals surface area contributed by atoms with E-state index in [1.807, 2.05) is 36.4 Å². The number of carboxylic acid groups (broad SMARTS) is 1. The summed E-state index contributed by atoms with van der Waals surface area (Å²) in [5.74, 6) is -1.78. The number of ether oxygens (including phenoxy) is 1. The van der Waals surface area contributed by atoms with Crippen LogP contribution in [0.15, 0.2) is 67.3 Å². The molecule has 0 saturated carbocycles. The van der Waals surface area contributed by atoms with E-state index in [1.54, 1.807) is 7.05 Å². The summed E-state index contributed by atoms with van der Waals surface area (Å²) in [6, 6.07) is 16.6. The number of hydrogen-bond acceptors (Lipinski definition) is 5. The van der Waals surface area contributed by atoms with Crippen LogP contribution in [0.5, 0.6) is 0 Å². The summed E-state index contributed by atoms with van der Waals surface area (Å²) in [5.41, 5.74) is 5.15. The van der Waals surface area contributed by atoms with E-state index >= 15 is 0 Å². The number of carbonyl (C=O) groups excluding carboxylic acids is 2. The maximum absolute atomic E-state index is 12.5. The number of aromatic nitrogens is 2. The topological polar surface area (TPSA) is 123 Å². The highest BCUT2D eigenvalue weighted by molar-refractivity contribution is 5.95. The van der Waals surface area contributed by atoms with E-state index in [1.165, 1.54) is 16.8 Å². The van der Waals surface area contributed by atoms with Gasteiger partial charge in [0.15, 0.2) is 0 Å². The Labute approximate surface area is 202 Å². The average molecular weight is 475 g/mol. The quantitative estimate of drug-likeness (QED) is 0.409. The molecule has 0 aliphatic heterocycles. The predicted octanol–water partition coefficient (Wildman–Crippen LogP) is 3.22. The first kappa shape index (κ1) is 23.7. The van der Waals surface area contributed by atoms with Gasteiger partial charge in [-0.05, 0) is 34.7 Å². The van der Waals surface area contributed by atoms with Crippen molar-refractivity contribution in [1.29, 1.82) is 0 Å². The molecule has 4 rings (SSSR count). The first-order chi connectivity index (χ1) is 16.9. The van der Waals surface area contributed by atoms with Gasteiger partial charge in [-0.15, -0.1) is 6.58 Å². The van der Waals surface area contributed by atoms with Gasteiger partial charge in [-0.3, -0.25) is 9.48 Å². The van der Waals surface area contributed by atoms with E-state index < -0.39 is 24.0 Å². The van der Waals surface area contributed by atoms with Crippen molar-refractivity contribution in [3.8, 4) is 11.1 Å². The van der Waals surface area contributed by atoms with Gasteiger partial charge >= 0.3 is 12.1 Å². The first-order valence-corrected chi connectivity index (χ1v) is 11.2. The Kier molecular flexibility index (Phi) is 6.96. The fraction of sp³-hybridized carbons (Fsp3) is 0.231. The van der Waals surface area contributed by atoms with Crippen LogP contribution in [-0.2, 0) is 23.1 Å². The number of fused-ring (bicyclic) bond motifs is 3. The van der Waals surface area contributed by atoms with Crippen LogP contribution in [0.3, 0.4) is 0 Å². The lowest BCUT2D eigenvalue weighted by atomic mass is 9.98. The predicted molar refractivity (Wildman–Crippen MR) is 129 cm³/mol. The third-order valence-electron chi connectivity index (χ3n) is 5.93. The number of hydrogen-bond donors (Lipinski definition) is 3. The second-order valence-electron chi connectivity index (χ2n) is 8.21. The van der Waals surface area contributed by atoms with Crippen molar-refractivity contribution in [3.63, 3.8) is 0 Å². The molecule has 3 aromatic rings. The molecule has 2 amide bonds. The molecule has 35 heavy (non-hydrogen) atoms. The number of rotatable bonds is 9. The zero-order chi connectivity index (χ0) is 24.9. The Morgan fingerprint density at radius 1 is 1.14 bits per heavy atom. The van der Waals surface area contributed by atoms with E-state index in [9.17, 15) is 19.5 Å². The molecule has 9 heteroatoms. The minimum Gasteiger partial charge on any atom is -0.480 e. The molecule has 0 fully saturated rings. The Balaban J connectivity index is 1.34. The molecule has 0 saturated heterocycles. The van der Waals surface area contributed by atoms with Crippen molar-refractivity contribution in [2.24, 2.45) is 7.05 Å². The zero-order valence-corrected chi connectivity index (χ0v) is 19.2. The largest absolute Gasteiger partial charge is 0.480 e. The molecule has 1 aromatic heterocycles. The molecule has 9 nitrogen and oxygen atoms in total. The van der Waals surface area contributed by atoms with Gasteiger partial charge in [0, 0.05) is 13.0 Å². The van der Waals surface area contributed by atoms with Crippen LogP contribution in [0.2, 0.25) is 0 Å². The maximum atomic E-state index is 12.5. The van der Waals surface area contributed by atoms with E-state index in [4.69, 9.17) is 4.74 Å². The Morgan fingerprint density at radius 2 is 1.77 bits per heavy atom. The minimum atomic E-state index is -1.16. The number of aliphatic carboxylic acids is 1. The smallest absolute Gasteiger partial charge is 0.407 e. The van der Waals surface area contributed by atoms with Gasteiger partial charge < -0.3 is 20.5 Å². The van der Waals surface area contributed by atoms with Crippen LogP contribution < -0.4 is 10.6 Å². The summed E-state index contributed by atoms with van der Waals surface area (Å²) >= 11 is 0. The minimum absolute atomic E-state index is 0.0453. The fourth-order valence-corrected chi connectivity index (χ4v) is 4.26. The number of alkyl carbamates (subject to hydrolysis) is 1. The van der Waals surface area contributed by atoms with Gasteiger partial charge in [0.2, 0.25) is 0 Å². The molecule has 0 spiro atoms. The van der Waals surface area contributed by atoms with E-state index in [2.05, 4.69) is 34.4 Å². The number of aryl methyl sites for hydroxylation is 1. The van der Waals surface area contributed by atoms with Crippen LogP contribution in [0, 0.1) is 0 Å². The molecule has 0 bridgehead atoms. The van der Waals surface area contributed by atoms with Crippen LogP contribution in [0.25, 0.3) is 11.1 Å². The molecule has 3 N–H and O–H groups in total. The summed E-state index contributed by atoms with van der Waals surface area (Å²) in [6.45, 7) is 3.74. The van der Waals surface area contributed by atoms with Gasteiger partial charge in [-0.25, -0.2) is 9.59 Å².